The van der Waals surface area contributed by atoms with E-state index in [0.717, 1.165) is 25.5 Å². The highest BCUT2D eigenvalue weighted by atomic mass is 32.2. The van der Waals surface area contributed by atoms with E-state index in [9.17, 15) is 0 Å². The third-order valence-electron chi connectivity index (χ3n) is 2.48. The van der Waals surface area contributed by atoms with Crippen molar-refractivity contribution in [3.05, 3.63) is 18.3 Å². The van der Waals surface area contributed by atoms with E-state index >= 15 is 0 Å². The normalized spacial score (nSPS) is 16.5. The zero-order chi connectivity index (χ0) is 10.5. The van der Waals surface area contributed by atoms with Gasteiger partial charge in [-0.2, -0.15) is 11.8 Å². The van der Waals surface area contributed by atoms with Crippen molar-refractivity contribution in [3.8, 4) is 0 Å². The van der Waals surface area contributed by atoms with E-state index in [4.69, 9.17) is 0 Å². The molecule has 15 heavy (non-hydrogen) atoms. The number of thioether (sulfide) groups is 1. The van der Waals surface area contributed by atoms with Crippen LogP contribution in [0.25, 0.3) is 0 Å². The molecule has 0 aromatic carbocycles. The predicted molar refractivity (Wildman–Crippen MR) is 67.9 cm³/mol. The van der Waals surface area contributed by atoms with Crippen LogP contribution in [0, 0.1) is 0 Å². The van der Waals surface area contributed by atoms with E-state index in [1.807, 2.05) is 18.0 Å². The molecular weight excluding hydrogens is 206 g/mol. The lowest BCUT2D eigenvalue weighted by Gasteiger charge is -2.28. The molecule has 0 atom stereocenters. The second kappa shape index (κ2) is 5.26. The molecule has 0 saturated carbocycles. The highest BCUT2D eigenvalue weighted by Gasteiger charge is 2.11. The molecule has 0 bridgehead atoms. The first-order chi connectivity index (χ1) is 7.40. The molecule has 4 heteroatoms. The second-order valence-electron chi connectivity index (χ2n) is 3.53. The van der Waals surface area contributed by atoms with Gasteiger partial charge in [-0.1, -0.05) is 0 Å². The summed E-state index contributed by atoms with van der Waals surface area (Å²) in [5, 5.41) is 3.24. The van der Waals surface area contributed by atoms with Crippen LogP contribution in [0.15, 0.2) is 18.3 Å². The summed E-state index contributed by atoms with van der Waals surface area (Å²) in [6.07, 6.45) is 1.88. The van der Waals surface area contributed by atoms with Crippen LogP contribution >= 0.6 is 11.8 Å². The van der Waals surface area contributed by atoms with Gasteiger partial charge >= 0.3 is 0 Å². The van der Waals surface area contributed by atoms with Gasteiger partial charge in [-0.25, -0.2) is 4.98 Å². The topological polar surface area (TPSA) is 28.2 Å². The summed E-state index contributed by atoms with van der Waals surface area (Å²) in [5.41, 5.74) is 1.29. The minimum atomic E-state index is 0.923. The summed E-state index contributed by atoms with van der Waals surface area (Å²) in [6, 6.07) is 4.23. The summed E-state index contributed by atoms with van der Waals surface area (Å²) in [5.74, 6) is 3.45. The van der Waals surface area contributed by atoms with E-state index in [0.29, 0.717) is 0 Å². The molecule has 0 amide bonds. The fraction of sp³-hybridized carbons (Fsp3) is 0.545. The fourth-order valence-electron chi connectivity index (χ4n) is 1.72. The van der Waals surface area contributed by atoms with Gasteiger partial charge in [0.25, 0.3) is 0 Å². The Labute approximate surface area is 95.3 Å². The van der Waals surface area contributed by atoms with Crippen LogP contribution in [0.4, 0.5) is 11.5 Å². The lowest BCUT2D eigenvalue weighted by molar-refractivity contribution is 0.857. The highest BCUT2D eigenvalue weighted by Crippen LogP contribution is 2.20. The number of pyridine rings is 1. The molecule has 1 N–H and O–H groups in total. The van der Waals surface area contributed by atoms with Crippen molar-refractivity contribution in [1.29, 1.82) is 0 Å². The molecule has 1 aromatic heterocycles. The van der Waals surface area contributed by atoms with Crippen LogP contribution in [0.2, 0.25) is 0 Å². The molecule has 1 aliphatic rings. The third-order valence-corrected chi connectivity index (χ3v) is 3.42. The van der Waals surface area contributed by atoms with Gasteiger partial charge in [0.05, 0.1) is 0 Å². The molecule has 1 aromatic rings. The quantitative estimate of drug-likeness (QED) is 0.849. The Bertz CT molecular complexity index is 310. The van der Waals surface area contributed by atoms with Crippen LogP contribution in [0.5, 0.6) is 0 Å². The predicted octanol–water partition coefficient (Wildman–Crippen LogP) is 2.07. The van der Waals surface area contributed by atoms with Crippen LogP contribution in [-0.2, 0) is 0 Å². The molecular formula is C11H17N3S. The molecule has 0 aliphatic carbocycles. The van der Waals surface area contributed by atoms with Gasteiger partial charge in [-0.3, -0.25) is 0 Å². The number of nitrogens with one attached hydrogen (secondary N) is 1. The van der Waals surface area contributed by atoms with Gasteiger partial charge in [-0.05, 0) is 13.0 Å². The summed E-state index contributed by atoms with van der Waals surface area (Å²) in [6.45, 7) is 5.32. The first kappa shape index (κ1) is 10.6. The number of anilines is 2. The maximum atomic E-state index is 4.28. The van der Waals surface area contributed by atoms with E-state index in [2.05, 4.69) is 34.3 Å². The standard InChI is InChI=1S/C11H17N3S/c1-2-12-11-9-10(3-4-13-11)14-5-7-15-8-6-14/h3-4,9H,2,5-8H2,1H3,(H,12,13). The highest BCUT2D eigenvalue weighted by molar-refractivity contribution is 7.99. The van der Waals surface area contributed by atoms with Crippen molar-refractivity contribution in [1.82, 2.24) is 4.98 Å². The molecule has 1 aliphatic heterocycles. The Morgan fingerprint density at radius 3 is 3.00 bits per heavy atom. The van der Waals surface area contributed by atoms with Crippen molar-refractivity contribution in [3.63, 3.8) is 0 Å². The fourth-order valence-corrected chi connectivity index (χ4v) is 2.62. The zero-order valence-electron chi connectivity index (χ0n) is 9.07. The van der Waals surface area contributed by atoms with Crippen molar-refractivity contribution in [2.24, 2.45) is 0 Å². The number of rotatable bonds is 3. The van der Waals surface area contributed by atoms with E-state index in [-0.39, 0.29) is 0 Å². The Morgan fingerprint density at radius 1 is 1.47 bits per heavy atom. The van der Waals surface area contributed by atoms with Gasteiger partial charge < -0.3 is 10.2 Å². The Hall–Kier alpha value is -0.900. The molecule has 2 rings (SSSR count). The Kier molecular flexibility index (Phi) is 3.72. The van der Waals surface area contributed by atoms with E-state index in [1.165, 1.54) is 17.2 Å². The first-order valence-electron chi connectivity index (χ1n) is 5.43. The average molecular weight is 223 g/mol. The SMILES string of the molecule is CCNc1cc(N2CCSCC2)ccn1. The summed E-state index contributed by atoms with van der Waals surface area (Å²) in [4.78, 5) is 6.71. The monoisotopic (exact) mass is 223 g/mol. The Morgan fingerprint density at radius 2 is 2.27 bits per heavy atom. The maximum Gasteiger partial charge on any atom is 0.127 e. The second-order valence-corrected chi connectivity index (χ2v) is 4.75. The summed E-state index contributed by atoms with van der Waals surface area (Å²) < 4.78 is 0. The smallest absolute Gasteiger partial charge is 0.127 e. The van der Waals surface area contributed by atoms with Crippen molar-refractivity contribution < 1.29 is 0 Å². The lowest BCUT2D eigenvalue weighted by Crippen LogP contribution is -2.32. The summed E-state index contributed by atoms with van der Waals surface area (Å²) in [7, 11) is 0. The zero-order valence-corrected chi connectivity index (χ0v) is 9.89. The Balaban J connectivity index is 2.09. The van der Waals surface area contributed by atoms with E-state index < -0.39 is 0 Å². The van der Waals surface area contributed by atoms with Gasteiger partial charge in [0.15, 0.2) is 0 Å². The van der Waals surface area contributed by atoms with Gasteiger partial charge in [0, 0.05) is 49.1 Å². The molecule has 1 fully saturated rings. The number of aromatic nitrogens is 1. The minimum Gasteiger partial charge on any atom is -0.370 e. The van der Waals surface area contributed by atoms with Crippen molar-refractivity contribution in [2.75, 3.05) is 41.4 Å². The first-order valence-corrected chi connectivity index (χ1v) is 6.58. The average Bonchev–Trinajstić information content (AvgIpc) is 2.31. The summed E-state index contributed by atoms with van der Waals surface area (Å²) >= 11 is 2.03. The van der Waals surface area contributed by atoms with Gasteiger partial charge in [-0.15, -0.1) is 0 Å². The minimum absolute atomic E-state index is 0.923. The molecule has 1 saturated heterocycles. The molecule has 0 unspecified atom stereocenters. The van der Waals surface area contributed by atoms with Crippen molar-refractivity contribution >= 4 is 23.3 Å². The van der Waals surface area contributed by atoms with Crippen LogP contribution in [0.1, 0.15) is 6.92 Å². The largest absolute Gasteiger partial charge is 0.370 e. The lowest BCUT2D eigenvalue weighted by atomic mass is 10.3. The third kappa shape index (κ3) is 2.78. The van der Waals surface area contributed by atoms with Crippen molar-refractivity contribution in [2.45, 2.75) is 6.92 Å². The van der Waals surface area contributed by atoms with Gasteiger partial charge in [0.1, 0.15) is 5.82 Å². The molecule has 3 nitrogen and oxygen atoms in total. The maximum absolute atomic E-state index is 4.28. The number of hydrogen-bond acceptors (Lipinski definition) is 4. The number of nitrogens with zero attached hydrogens (tertiary/aromatic N) is 2. The van der Waals surface area contributed by atoms with Crippen LogP contribution < -0.4 is 10.2 Å². The van der Waals surface area contributed by atoms with E-state index in [1.54, 1.807) is 0 Å². The molecule has 0 radical (unpaired) electrons. The molecule has 2 heterocycles. The van der Waals surface area contributed by atoms with Gasteiger partial charge in [0.2, 0.25) is 0 Å². The van der Waals surface area contributed by atoms with Crippen LogP contribution in [0.3, 0.4) is 0 Å². The van der Waals surface area contributed by atoms with Crippen LogP contribution in [-0.4, -0.2) is 36.1 Å². The molecule has 0 spiro atoms. The number of hydrogen-bond donors (Lipinski definition) is 1. The molecule has 82 valence electrons.